The Balaban J connectivity index is 2.14. The third-order valence-corrected chi connectivity index (χ3v) is 3.21. The van der Waals surface area contributed by atoms with Crippen LogP contribution < -0.4 is 11.2 Å². The summed E-state index contributed by atoms with van der Waals surface area (Å²) in [7, 11) is 0. The number of hydrazone groups is 1. The van der Waals surface area contributed by atoms with Crippen LogP contribution in [-0.4, -0.2) is 22.3 Å². The molecule has 0 heterocycles. The SMILES string of the molecule is Cc1ccc(CO)c(/C=N/NC(=O)c2ccc(N)cc2)c1O. The van der Waals surface area contributed by atoms with Gasteiger partial charge in [-0.15, -0.1) is 0 Å². The minimum atomic E-state index is -0.394. The first-order valence-electron chi connectivity index (χ1n) is 6.64. The molecule has 1 amide bonds. The first-order valence-corrected chi connectivity index (χ1v) is 6.64. The highest BCUT2D eigenvalue weighted by atomic mass is 16.3. The maximum absolute atomic E-state index is 11.9. The summed E-state index contributed by atoms with van der Waals surface area (Å²) in [6, 6.07) is 9.81. The fourth-order valence-corrected chi connectivity index (χ4v) is 1.90. The minimum Gasteiger partial charge on any atom is -0.507 e. The molecule has 0 aliphatic rings. The summed E-state index contributed by atoms with van der Waals surface area (Å²) in [6.07, 6.45) is 1.31. The van der Waals surface area contributed by atoms with Crippen molar-refractivity contribution in [1.29, 1.82) is 0 Å². The number of amides is 1. The van der Waals surface area contributed by atoms with Gasteiger partial charge in [-0.3, -0.25) is 4.79 Å². The lowest BCUT2D eigenvalue weighted by Gasteiger charge is -2.08. The fourth-order valence-electron chi connectivity index (χ4n) is 1.90. The number of aliphatic hydroxyl groups is 1. The second kappa shape index (κ2) is 6.73. The zero-order valence-electron chi connectivity index (χ0n) is 12.1. The van der Waals surface area contributed by atoms with Crippen LogP contribution in [0.5, 0.6) is 5.75 Å². The molecular weight excluding hydrogens is 282 g/mol. The third kappa shape index (κ3) is 3.42. The zero-order chi connectivity index (χ0) is 16.1. The van der Waals surface area contributed by atoms with Gasteiger partial charge in [0.1, 0.15) is 5.75 Å². The Morgan fingerprint density at radius 2 is 1.95 bits per heavy atom. The first-order chi connectivity index (χ1) is 10.5. The van der Waals surface area contributed by atoms with Crippen LogP contribution in [0.2, 0.25) is 0 Å². The number of aromatic hydroxyl groups is 1. The maximum atomic E-state index is 11.9. The molecule has 2 rings (SSSR count). The normalized spacial score (nSPS) is 10.8. The number of benzene rings is 2. The minimum absolute atomic E-state index is 0.0250. The van der Waals surface area contributed by atoms with E-state index in [1.807, 2.05) is 0 Å². The van der Waals surface area contributed by atoms with Crippen molar-refractivity contribution in [2.75, 3.05) is 5.73 Å². The van der Waals surface area contributed by atoms with Gasteiger partial charge in [-0.1, -0.05) is 12.1 Å². The summed E-state index contributed by atoms with van der Waals surface area (Å²) in [5, 5.41) is 23.1. The Labute approximate surface area is 127 Å². The van der Waals surface area contributed by atoms with Crippen molar-refractivity contribution in [3.05, 3.63) is 58.7 Å². The number of anilines is 1. The predicted octanol–water partition coefficient (Wildman–Crippen LogP) is 1.54. The molecule has 0 radical (unpaired) electrons. The Hall–Kier alpha value is -2.86. The molecule has 6 nitrogen and oxygen atoms in total. The Morgan fingerprint density at radius 1 is 1.27 bits per heavy atom. The van der Waals surface area contributed by atoms with Gasteiger partial charge in [0.05, 0.1) is 12.8 Å². The smallest absolute Gasteiger partial charge is 0.271 e. The van der Waals surface area contributed by atoms with Crippen LogP contribution in [-0.2, 0) is 6.61 Å². The number of phenols is 1. The van der Waals surface area contributed by atoms with Gasteiger partial charge in [-0.25, -0.2) is 5.43 Å². The number of nitrogens with two attached hydrogens (primary N) is 1. The fraction of sp³-hybridized carbons (Fsp3) is 0.125. The lowest BCUT2D eigenvalue weighted by molar-refractivity contribution is 0.0955. The Morgan fingerprint density at radius 3 is 2.59 bits per heavy atom. The van der Waals surface area contributed by atoms with E-state index in [9.17, 15) is 15.0 Å². The summed E-state index contributed by atoms with van der Waals surface area (Å²) in [4.78, 5) is 11.9. The van der Waals surface area contributed by atoms with E-state index in [2.05, 4.69) is 10.5 Å². The van der Waals surface area contributed by atoms with Crippen LogP contribution in [0.1, 0.15) is 27.0 Å². The number of hydrogen-bond acceptors (Lipinski definition) is 5. The van der Waals surface area contributed by atoms with E-state index in [1.165, 1.54) is 6.21 Å². The molecule has 0 saturated carbocycles. The summed E-state index contributed by atoms with van der Waals surface area (Å²) in [6.45, 7) is 1.50. The van der Waals surface area contributed by atoms with Crippen molar-refractivity contribution < 1.29 is 15.0 Å². The van der Waals surface area contributed by atoms with Gasteiger partial charge >= 0.3 is 0 Å². The molecule has 0 atom stereocenters. The number of hydrogen-bond donors (Lipinski definition) is 4. The number of aliphatic hydroxyl groups excluding tert-OH is 1. The molecule has 0 saturated heterocycles. The number of aryl methyl sites for hydroxylation is 1. The lowest BCUT2D eigenvalue weighted by atomic mass is 10.0. The second-order valence-electron chi connectivity index (χ2n) is 4.78. The van der Waals surface area contributed by atoms with Crippen LogP contribution in [0.25, 0.3) is 0 Å². The molecule has 0 spiro atoms. The first kappa shape index (κ1) is 15.5. The van der Waals surface area contributed by atoms with E-state index in [1.54, 1.807) is 43.3 Å². The summed E-state index contributed by atoms with van der Waals surface area (Å²) >= 11 is 0. The van der Waals surface area contributed by atoms with Gasteiger partial charge < -0.3 is 15.9 Å². The number of carbonyl (C=O) groups is 1. The molecule has 0 bridgehead atoms. The van der Waals surface area contributed by atoms with Gasteiger partial charge in [0, 0.05) is 16.8 Å². The summed E-state index contributed by atoms with van der Waals surface area (Å²) in [5.74, 6) is -0.369. The maximum Gasteiger partial charge on any atom is 0.271 e. The van der Waals surface area contributed by atoms with Gasteiger partial charge in [-0.05, 0) is 42.3 Å². The topological polar surface area (TPSA) is 108 Å². The molecule has 2 aromatic carbocycles. The van der Waals surface area contributed by atoms with Crippen molar-refractivity contribution in [2.45, 2.75) is 13.5 Å². The van der Waals surface area contributed by atoms with Crippen LogP contribution in [0.4, 0.5) is 5.69 Å². The summed E-state index contributed by atoms with van der Waals surface area (Å²) in [5.41, 5.74) is 10.5. The van der Waals surface area contributed by atoms with Crippen LogP contribution >= 0.6 is 0 Å². The predicted molar refractivity (Wildman–Crippen MR) is 84.7 cm³/mol. The molecule has 2 aromatic rings. The van der Waals surface area contributed by atoms with Crippen LogP contribution in [0.15, 0.2) is 41.5 Å². The number of nitrogens with zero attached hydrogens (tertiary/aromatic N) is 1. The summed E-state index contributed by atoms with van der Waals surface area (Å²) < 4.78 is 0. The van der Waals surface area contributed by atoms with E-state index in [4.69, 9.17) is 5.73 Å². The van der Waals surface area contributed by atoms with Crippen molar-refractivity contribution in [1.82, 2.24) is 5.43 Å². The average Bonchev–Trinajstić information content (AvgIpc) is 2.52. The number of nitrogen functional groups attached to an aromatic ring is 1. The third-order valence-electron chi connectivity index (χ3n) is 3.21. The highest BCUT2D eigenvalue weighted by Gasteiger charge is 2.08. The van der Waals surface area contributed by atoms with Crippen molar-refractivity contribution in [3.63, 3.8) is 0 Å². The number of nitrogens with one attached hydrogen (secondary N) is 1. The van der Waals surface area contributed by atoms with Crippen LogP contribution in [0, 0.1) is 6.92 Å². The molecule has 0 unspecified atom stereocenters. The number of rotatable bonds is 4. The molecule has 6 heteroatoms. The lowest BCUT2D eigenvalue weighted by Crippen LogP contribution is -2.17. The largest absolute Gasteiger partial charge is 0.507 e. The molecular formula is C16H17N3O3. The van der Waals surface area contributed by atoms with E-state index in [0.29, 0.717) is 27.9 Å². The standard InChI is InChI=1S/C16H17N3O3/c1-10-2-3-12(9-20)14(15(10)21)8-18-19-16(22)11-4-6-13(17)7-5-11/h2-8,20-21H,9,17H2,1H3,(H,19,22)/b18-8+. The van der Waals surface area contributed by atoms with E-state index < -0.39 is 5.91 Å². The highest BCUT2D eigenvalue weighted by Crippen LogP contribution is 2.23. The zero-order valence-corrected chi connectivity index (χ0v) is 12.1. The molecule has 22 heavy (non-hydrogen) atoms. The van der Waals surface area contributed by atoms with Crippen molar-refractivity contribution in [2.24, 2.45) is 5.10 Å². The van der Waals surface area contributed by atoms with E-state index in [-0.39, 0.29) is 12.4 Å². The number of phenolic OH excluding ortho intramolecular Hbond substituents is 1. The Kier molecular flexibility index (Phi) is 4.75. The molecule has 0 aliphatic carbocycles. The van der Waals surface area contributed by atoms with Crippen molar-refractivity contribution >= 4 is 17.8 Å². The molecule has 0 fully saturated rings. The van der Waals surface area contributed by atoms with Crippen molar-refractivity contribution in [3.8, 4) is 5.75 Å². The molecule has 114 valence electrons. The molecule has 0 aromatic heterocycles. The van der Waals surface area contributed by atoms with Gasteiger partial charge in [-0.2, -0.15) is 5.10 Å². The molecule has 5 N–H and O–H groups in total. The number of carbonyl (C=O) groups excluding carboxylic acids is 1. The van der Waals surface area contributed by atoms with Gasteiger partial charge in [0.25, 0.3) is 5.91 Å². The van der Waals surface area contributed by atoms with E-state index >= 15 is 0 Å². The Bertz CT molecular complexity index is 709. The highest BCUT2D eigenvalue weighted by molar-refractivity contribution is 5.95. The second-order valence-corrected chi connectivity index (χ2v) is 4.78. The molecule has 0 aliphatic heterocycles. The van der Waals surface area contributed by atoms with E-state index in [0.717, 1.165) is 0 Å². The average molecular weight is 299 g/mol. The van der Waals surface area contributed by atoms with Gasteiger partial charge in [0.15, 0.2) is 0 Å². The van der Waals surface area contributed by atoms with Gasteiger partial charge in [0.2, 0.25) is 0 Å². The monoisotopic (exact) mass is 299 g/mol. The van der Waals surface area contributed by atoms with Crippen LogP contribution in [0.3, 0.4) is 0 Å². The quantitative estimate of drug-likeness (QED) is 0.390.